The van der Waals surface area contributed by atoms with Crippen LogP contribution in [0.5, 0.6) is 0 Å². The van der Waals surface area contributed by atoms with Crippen molar-refractivity contribution >= 4 is 16.1 Å². The van der Waals surface area contributed by atoms with E-state index in [2.05, 4.69) is 4.18 Å². The Bertz CT molecular complexity index is 682. The molecule has 0 radical (unpaired) electrons. The predicted octanol–water partition coefficient (Wildman–Crippen LogP) is 3.94. The first-order chi connectivity index (χ1) is 12.2. The van der Waals surface area contributed by atoms with E-state index < -0.39 is 27.7 Å². The third kappa shape index (κ3) is 5.98. The van der Waals surface area contributed by atoms with E-state index in [1.807, 2.05) is 0 Å². The molecule has 0 N–H and O–H groups in total. The van der Waals surface area contributed by atoms with E-state index in [1.165, 1.54) is 0 Å². The van der Waals surface area contributed by atoms with Crippen molar-refractivity contribution in [2.75, 3.05) is 0 Å². The van der Waals surface area contributed by atoms with Crippen LogP contribution in [0.3, 0.4) is 0 Å². The molecule has 5 nitrogen and oxygen atoms in total. The molecule has 9 heteroatoms. The van der Waals surface area contributed by atoms with Gasteiger partial charge in [-0.3, -0.25) is 0 Å². The van der Waals surface area contributed by atoms with Crippen molar-refractivity contribution < 1.29 is 35.3 Å². The number of alkyl halides is 3. The zero-order valence-electron chi connectivity index (χ0n) is 14.1. The van der Waals surface area contributed by atoms with Crippen molar-refractivity contribution in [1.29, 1.82) is 0 Å². The molecule has 0 aliphatic heterocycles. The van der Waals surface area contributed by atoms with Crippen LogP contribution in [-0.4, -0.2) is 26.0 Å². The summed E-state index contributed by atoms with van der Waals surface area (Å²) in [5, 5.41) is 0. The van der Waals surface area contributed by atoms with Gasteiger partial charge in [-0.2, -0.15) is 21.6 Å². The molecule has 0 aromatic heterocycles. The van der Waals surface area contributed by atoms with E-state index >= 15 is 0 Å². The van der Waals surface area contributed by atoms with Gasteiger partial charge in [-0.1, -0.05) is 62.4 Å². The highest BCUT2D eigenvalue weighted by Crippen LogP contribution is 2.31. The fourth-order valence-corrected chi connectivity index (χ4v) is 3.50. The van der Waals surface area contributed by atoms with Gasteiger partial charge in [0.15, 0.2) is 6.10 Å². The lowest BCUT2D eigenvalue weighted by Gasteiger charge is -2.25. The average molecular weight is 394 g/mol. The van der Waals surface area contributed by atoms with Crippen molar-refractivity contribution in [2.45, 2.75) is 56.7 Å². The Balaban J connectivity index is 2.06. The van der Waals surface area contributed by atoms with E-state index in [9.17, 15) is 26.4 Å². The number of carbonyl (C=O) groups is 1. The highest BCUT2D eigenvalue weighted by molar-refractivity contribution is 7.87. The first-order valence-electron chi connectivity index (χ1n) is 8.39. The maximum absolute atomic E-state index is 12.6. The molecule has 0 amide bonds. The molecule has 0 spiro atoms. The molecule has 1 atom stereocenters. The molecule has 2 rings (SSSR count). The minimum Gasteiger partial charge on any atom is -0.459 e. The van der Waals surface area contributed by atoms with Crippen LogP contribution >= 0.6 is 0 Å². The van der Waals surface area contributed by atoms with E-state index in [0.717, 1.165) is 32.1 Å². The van der Waals surface area contributed by atoms with Gasteiger partial charge >= 0.3 is 21.6 Å². The summed E-state index contributed by atoms with van der Waals surface area (Å²) in [6, 6.07) is 8.55. The Morgan fingerprint density at radius 2 is 1.73 bits per heavy atom. The molecule has 26 heavy (non-hydrogen) atoms. The van der Waals surface area contributed by atoms with Crippen LogP contribution in [0.2, 0.25) is 0 Å². The quantitative estimate of drug-likeness (QED) is 0.398. The lowest BCUT2D eigenvalue weighted by molar-refractivity contribution is -0.155. The van der Waals surface area contributed by atoms with Gasteiger partial charge in [-0.25, -0.2) is 8.98 Å². The zero-order chi connectivity index (χ0) is 19.2. The number of carbonyl (C=O) groups excluding carboxylic acids is 1. The van der Waals surface area contributed by atoms with Crippen molar-refractivity contribution in [2.24, 2.45) is 5.92 Å². The molecule has 1 aromatic rings. The summed E-state index contributed by atoms with van der Waals surface area (Å²) < 4.78 is 69.7. The van der Waals surface area contributed by atoms with Gasteiger partial charge in [0.25, 0.3) is 0 Å². The average Bonchev–Trinajstić information content (AvgIpc) is 2.60. The topological polar surface area (TPSA) is 69.7 Å². The van der Waals surface area contributed by atoms with Gasteiger partial charge in [0.2, 0.25) is 0 Å². The van der Waals surface area contributed by atoms with Gasteiger partial charge in [0, 0.05) is 0 Å². The fourth-order valence-electron chi connectivity index (χ4n) is 2.93. The second kappa shape index (κ2) is 8.85. The third-order valence-electron chi connectivity index (χ3n) is 4.29. The number of esters is 1. The van der Waals surface area contributed by atoms with Crippen LogP contribution in [0, 0.1) is 5.92 Å². The molecule has 0 saturated heterocycles. The van der Waals surface area contributed by atoms with E-state index in [0.29, 0.717) is 5.56 Å². The predicted molar refractivity (Wildman–Crippen MR) is 87.3 cm³/mol. The monoisotopic (exact) mass is 394 g/mol. The normalized spacial score (nSPS) is 17.7. The summed E-state index contributed by atoms with van der Waals surface area (Å²) in [5.74, 6) is -1.17. The summed E-state index contributed by atoms with van der Waals surface area (Å²) in [7, 11) is -5.88. The molecule has 1 saturated carbocycles. The van der Waals surface area contributed by atoms with Crippen LogP contribution in [0.25, 0.3) is 0 Å². The summed E-state index contributed by atoms with van der Waals surface area (Å²) in [4.78, 5) is 12.2. The van der Waals surface area contributed by atoms with Gasteiger partial charge in [-0.05, 0) is 17.9 Å². The van der Waals surface area contributed by atoms with Gasteiger partial charge < -0.3 is 4.74 Å². The number of halogens is 3. The minimum absolute atomic E-state index is 0.0681. The first kappa shape index (κ1) is 20.7. The first-order valence-corrected chi connectivity index (χ1v) is 9.80. The lowest BCUT2D eigenvalue weighted by atomic mass is 9.85. The Labute approximate surface area is 150 Å². The largest absolute Gasteiger partial charge is 0.523 e. The Kier molecular flexibility index (Phi) is 7.05. The number of hydrogen-bond donors (Lipinski definition) is 0. The van der Waals surface area contributed by atoms with Crippen LogP contribution in [0.4, 0.5) is 13.2 Å². The lowest BCUT2D eigenvalue weighted by Crippen LogP contribution is -2.36. The van der Waals surface area contributed by atoms with Crippen LogP contribution in [-0.2, 0) is 30.4 Å². The molecule has 1 aliphatic rings. The standard InChI is InChI=1S/C17H21F3O5S/c18-17(19,20)26(22,23)25-15(11-13-7-3-1-4-8-13)16(21)24-12-14-9-5-2-6-10-14/h2,5-6,9-10,13,15H,1,3-4,7-8,11-12H2. The van der Waals surface area contributed by atoms with Crippen molar-refractivity contribution in [3.05, 3.63) is 35.9 Å². The van der Waals surface area contributed by atoms with Crippen molar-refractivity contribution in [3.8, 4) is 0 Å². The molecule has 1 unspecified atom stereocenters. The Morgan fingerprint density at radius 3 is 2.31 bits per heavy atom. The van der Waals surface area contributed by atoms with Crippen LogP contribution in [0.1, 0.15) is 44.1 Å². The Morgan fingerprint density at radius 1 is 1.12 bits per heavy atom. The smallest absolute Gasteiger partial charge is 0.459 e. The van der Waals surface area contributed by atoms with Gasteiger partial charge in [-0.15, -0.1) is 0 Å². The van der Waals surface area contributed by atoms with E-state index in [1.54, 1.807) is 30.3 Å². The molecule has 0 heterocycles. The van der Waals surface area contributed by atoms with Crippen molar-refractivity contribution in [1.82, 2.24) is 0 Å². The van der Waals surface area contributed by atoms with Crippen LogP contribution < -0.4 is 0 Å². The molecule has 1 aliphatic carbocycles. The number of ether oxygens (including phenoxy) is 1. The molecule has 1 fully saturated rings. The highest BCUT2D eigenvalue weighted by atomic mass is 32.2. The number of hydrogen-bond acceptors (Lipinski definition) is 5. The van der Waals surface area contributed by atoms with Gasteiger partial charge in [0.1, 0.15) is 6.61 Å². The highest BCUT2D eigenvalue weighted by Gasteiger charge is 2.50. The zero-order valence-corrected chi connectivity index (χ0v) is 14.9. The number of benzene rings is 1. The molecular weight excluding hydrogens is 373 g/mol. The van der Waals surface area contributed by atoms with Gasteiger partial charge in [0.05, 0.1) is 0 Å². The summed E-state index contributed by atoms with van der Waals surface area (Å²) in [6.45, 7) is -0.170. The third-order valence-corrected chi connectivity index (χ3v) is 5.34. The Hall–Kier alpha value is -1.61. The molecule has 146 valence electrons. The second-order valence-electron chi connectivity index (χ2n) is 6.32. The maximum Gasteiger partial charge on any atom is 0.523 e. The molecular formula is C17H21F3O5S. The molecule has 1 aromatic carbocycles. The van der Waals surface area contributed by atoms with E-state index in [4.69, 9.17) is 4.74 Å². The van der Waals surface area contributed by atoms with Crippen LogP contribution in [0.15, 0.2) is 30.3 Å². The molecule has 0 bridgehead atoms. The second-order valence-corrected chi connectivity index (χ2v) is 7.88. The van der Waals surface area contributed by atoms with Crippen molar-refractivity contribution in [3.63, 3.8) is 0 Å². The fraction of sp³-hybridized carbons (Fsp3) is 0.588. The SMILES string of the molecule is O=C(OCc1ccccc1)C(CC1CCCCC1)OS(=O)(=O)C(F)(F)F. The minimum atomic E-state index is -5.88. The van der Waals surface area contributed by atoms with E-state index in [-0.39, 0.29) is 18.9 Å². The summed E-state index contributed by atoms with van der Waals surface area (Å²) in [5.41, 5.74) is -4.95. The summed E-state index contributed by atoms with van der Waals surface area (Å²) in [6.07, 6.45) is 2.33. The number of rotatable bonds is 7. The summed E-state index contributed by atoms with van der Waals surface area (Å²) >= 11 is 0. The maximum atomic E-state index is 12.6.